The molecule has 1 rings (SSSR count). The van der Waals surface area contributed by atoms with Crippen LogP contribution in [0.2, 0.25) is 44.3 Å². The molecule has 0 aromatic carbocycles. The summed E-state index contributed by atoms with van der Waals surface area (Å²) in [6, 6.07) is 4.51. The quantitative estimate of drug-likeness (QED) is 0.505. The highest BCUT2D eigenvalue weighted by Gasteiger charge is 2.27. The van der Waals surface area contributed by atoms with Crippen LogP contribution in [-0.4, -0.2) is 16.1 Å². The highest BCUT2D eigenvalue weighted by Crippen LogP contribution is 2.28. The van der Waals surface area contributed by atoms with Crippen LogP contribution in [0.25, 0.3) is 0 Å². The Morgan fingerprint density at radius 2 is 1.64 bits per heavy atom. The van der Waals surface area contributed by atoms with E-state index < -0.39 is 16.1 Å². The lowest BCUT2D eigenvalue weighted by Crippen LogP contribution is -2.27. The van der Waals surface area contributed by atoms with E-state index in [2.05, 4.69) is 38.0 Å². The molecule has 1 aliphatic rings. The van der Waals surface area contributed by atoms with Crippen LogP contribution >= 0.6 is 0 Å². The van der Waals surface area contributed by atoms with Gasteiger partial charge in [-0.05, 0) is 6.04 Å². The van der Waals surface area contributed by atoms with E-state index >= 15 is 0 Å². The van der Waals surface area contributed by atoms with Crippen LogP contribution < -0.4 is 0 Å². The summed E-state index contributed by atoms with van der Waals surface area (Å²) in [4.78, 5) is 0. The van der Waals surface area contributed by atoms with E-state index in [4.69, 9.17) is 0 Å². The molecule has 0 aromatic heterocycles. The Hall–Kier alpha value is 0.174. The minimum Gasteiger partial charge on any atom is -0.0989 e. The van der Waals surface area contributed by atoms with Gasteiger partial charge >= 0.3 is 0 Å². The van der Waals surface area contributed by atoms with Gasteiger partial charge in [-0.25, -0.2) is 0 Å². The van der Waals surface area contributed by atoms with Crippen molar-refractivity contribution >= 4 is 16.1 Å². The molecule has 0 aliphatic carbocycles. The van der Waals surface area contributed by atoms with E-state index in [1.807, 2.05) is 0 Å². The summed E-state index contributed by atoms with van der Waals surface area (Å²) < 4.78 is 0. The first kappa shape index (κ1) is 9.26. The molecule has 0 N–H and O–H groups in total. The van der Waals surface area contributed by atoms with Crippen molar-refractivity contribution in [1.29, 1.82) is 0 Å². The smallest absolute Gasteiger partial charge is 0.0710 e. The van der Waals surface area contributed by atoms with E-state index in [0.29, 0.717) is 0 Å². The second-order valence-corrected chi connectivity index (χ2v) is 15.3. The molecular formula is C9H20Si2. The SMILES string of the molecule is C[Si]1(C)C=CC[Si](C)(C)CC1. The Balaban J connectivity index is 2.65. The third-order valence-electron chi connectivity index (χ3n) is 2.69. The minimum atomic E-state index is -0.875. The minimum absolute atomic E-state index is 0.782. The standard InChI is InChI=1S/C9H20Si2/c1-10(2)6-5-7-11(3,4)9-8-10/h5-6H,7-9H2,1-4H3. The van der Waals surface area contributed by atoms with Gasteiger partial charge < -0.3 is 0 Å². The second-order valence-electron chi connectivity index (χ2n) is 5.26. The van der Waals surface area contributed by atoms with Gasteiger partial charge in [0, 0.05) is 0 Å². The first-order chi connectivity index (χ1) is 4.91. The zero-order valence-electron chi connectivity index (χ0n) is 8.28. The largest absolute Gasteiger partial charge is 0.0989 e. The monoisotopic (exact) mass is 184 g/mol. The van der Waals surface area contributed by atoms with Gasteiger partial charge in [-0.2, -0.15) is 0 Å². The van der Waals surface area contributed by atoms with Crippen molar-refractivity contribution in [1.82, 2.24) is 0 Å². The Bertz CT molecular complexity index is 168. The highest BCUT2D eigenvalue weighted by atomic mass is 28.3. The molecule has 0 radical (unpaired) electrons. The molecule has 0 nitrogen and oxygen atoms in total. The molecule has 0 spiro atoms. The summed E-state index contributed by atoms with van der Waals surface area (Å²) in [5.74, 6) is 0. The summed E-state index contributed by atoms with van der Waals surface area (Å²) in [7, 11) is -1.66. The molecule has 0 amide bonds. The third kappa shape index (κ3) is 2.95. The van der Waals surface area contributed by atoms with Crippen LogP contribution in [0.4, 0.5) is 0 Å². The molecule has 11 heavy (non-hydrogen) atoms. The molecule has 0 bridgehead atoms. The lowest BCUT2D eigenvalue weighted by atomic mass is 10.8. The predicted molar refractivity (Wildman–Crippen MR) is 58.5 cm³/mol. The average molecular weight is 184 g/mol. The lowest BCUT2D eigenvalue weighted by molar-refractivity contribution is 1.28. The third-order valence-corrected chi connectivity index (χ3v) is 8.81. The molecule has 0 aromatic rings. The van der Waals surface area contributed by atoms with Crippen molar-refractivity contribution in [2.24, 2.45) is 0 Å². The molecule has 0 unspecified atom stereocenters. The molecular weight excluding hydrogens is 164 g/mol. The van der Waals surface area contributed by atoms with Gasteiger partial charge in [0.2, 0.25) is 0 Å². The Morgan fingerprint density at radius 3 is 2.27 bits per heavy atom. The molecule has 1 aliphatic heterocycles. The molecule has 0 atom stereocenters. The summed E-state index contributed by atoms with van der Waals surface area (Å²) in [5.41, 5.74) is 2.55. The first-order valence-corrected chi connectivity index (χ1v) is 11.3. The van der Waals surface area contributed by atoms with Crippen LogP contribution in [0.3, 0.4) is 0 Å². The van der Waals surface area contributed by atoms with Gasteiger partial charge in [0.15, 0.2) is 0 Å². The summed E-state index contributed by atoms with van der Waals surface area (Å²) in [6.45, 7) is 10.0. The Kier molecular flexibility index (Phi) is 2.44. The molecule has 0 saturated heterocycles. The second kappa shape index (κ2) is 2.90. The van der Waals surface area contributed by atoms with Crippen molar-refractivity contribution in [2.75, 3.05) is 0 Å². The van der Waals surface area contributed by atoms with Crippen molar-refractivity contribution in [3.05, 3.63) is 11.8 Å². The molecule has 1 heterocycles. The van der Waals surface area contributed by atoms with E-state index in [1.165, 1.54) is 12.1 Å². The zero-order valence-corrected chi connectivity index (χ0v) is 10.3. The van der Waals surface area contributed by atoms with Gasteiger partial charge in [0.25, 0.3) is 0 Å². The number of rotatable bonds is 0. The number of hydrogen-bond acceptors (Lipinski definition) is 0. The van der Waals surface area contributed by atoms with Gasteiger partial charge in [-0.1, -0.05) is 50.1 Å². The Morgan fingerprint density at radius 1 is 1.00 bits per heavy atom. The summed E-state index contributed by atoms with van der Waals surface area (Å²) in [5, 5.41) is 0. The highest BCUT2D eigenvalue weighted by molar-refractivity contribution is 6.86. The summed E-state index contributed by atoms with van der Waals surface area (Å²) >= 11 is 0. The molecule has 2 heteroatoms. The molecule has 0 saturated carbocycles. The summed E-state index contributed by atoms with van der Waals surface area (Å²) in [6.07, 6.45) is 2.48. The van der Waals surface area contributed by atoms with E-state index in [1.54, 1.807) is 6.04 Å². The fraction of sp³-hybridized carbons (Fsp3) is 0.778. The van der Waals surface area contributed by atoms with Gasteiger partial charge in [0.05, 0.1) is 16.1 Å². The van der Waals surface area contributed by atoms with Crippen LogP contribution in [0.5, 0.6) is 0 Å². The predicted octanol–water partition coefficient (Wildman–Crippen LogP) is 3.51. The van der Waals surface area contributed by atoms with Gasteiger partial charge in [-0.15, -0.1) is 0 Å². The topological polar surface area (TPSA) is 0 Å². The van der Waals surface area contributed by atoms with Crippen LogP contribution in [-0.2, 0) is 0 Å². The normalized spacial score (nSPS) is 28.0. The van der Waals surface area contributed by atoms with E-state index in [-0.39, 0.29) is 0 Å². The van der Waals surface area contributed by atoms with E-state index in [9.17, 15) is 0 Å². The maximum absolute atomic E-state index is 2.55. The Labute approximate surface area is 72.7 Å². The lowest BCUT2D eigenvalue weighted by Gasteiger charge is -2.21. The maximum Gasteiger partial charge on any atom is 0.0710 e. The first-order valence-electron chi connectivity index (χ1n) is 4.59. The number of hydrogen-bond donors (Lipinski definition) is 0. The maximum atomic E-state index is 2.55. The van der Waals surface area contributed by atoms with Crippen LogP contribution in [0.1, 0.15) is 0 Å². The van der Waals surface area contributed by atoms with Crippen molar-refractivity contribution in [2.45, 2.75) is 44.3 Å². The van der Waals surface area contributed by atoms with Gasteiger partial charge in [-0.3, -0.25) is 0 Å². The van der Waals surface area contributed by atoms with Crippen LogP contribution in [0, 0.1) is 0 Å². The van der Waals surface area contributed by atoms with Crippen LogP contribution in [0.15, 0.2) is 11.8 Å². The fourth-order valence-electron chi connectivity index (χ4n) is 1.54. The average Bonchev–Trinajstić information content (AvgIpc) is 1.92. The molecule has 0 fully saturated rings. The van der Waals surface area contributed by atoms with Crippen molar-refractivity contribution in [3.8, 4) is 0 Å². The number of allylic oxidation sites excluding steroid dienone is 1. The fourth-order valence-corrected chi connectivity index (χ4v) is 8.95. The van der Waals surface area contributed by atoms with E-state index in [0.717, 1.165) is 0 Å². The van der Waals surface area contributed by atoms with Gasteiger partial charge in [0.1, 0.15) is 0 Å². The van der Waals surface area contributed by atoms with Crippen molar-refractivity contribution < 1.29 is 0 Å². The van der Waals surface area contributed by atoms with Crippen molar-refractivity contribution in [3.63, 3.8) is 0 Å². The zero-order chi connectivity index (χ0) is 8.54. The molecule has 64 valence electrons.